The zero-order chi connectivity index (χ0) is 15.7. The summed E-state index contributed by atoms with van der Waals surface area (Å²) in [5.41, 5.74) is -0.150. The molecule has 1 aromatic rings. The van der Waals surface area contributed by atoms with Gasteiger partial charge in [-0.05, 0) is 47.5 Å². The third kappa shape index (κ3) is 4.04. The van der Waals surface area contributed by atoms with Gasteiger partial charge in [-0.15, -0.1) is 11.3 Å². The molecule has 2 heterocycles. The standard InChI is InChI=1S/C16H25NO3S/c1-15(2,3)20-14(18)16(4,5)13-17-12(10-21-13)11-7-6-8-19-9-11/h10-11H,6-9H2,1-5H3/t11-/m0/s1. The molecule has 0 saturated carbocycles. The highest BCUT2D eigenvalue weighted by Gasteiger charge is 2.37. The average Bonchev–Trinajstić information content (AvgIpc) is 2.88. The van der Waals surface area contributed by atoms with Crippen molar-refractivity contribution < 1.29 is 14.3 Å². The molecule has 0 bridgehead atoms. The summed E-state index contributed by atoms with van der Waals surface area (Å²) in [6.45, 7) is 11.0. The third-order valence-electron chi connectivity index (χ3n) is 3.54. The van der Waals surface area contributed by atoms with E-state index in [4.69, 9.17) is 14.5 Å². The maximum atomic E-state index is 12.4. The Morgan fingerprint density at radius 2 is 2.10 bits per heavy atom. The molecule has 1 fully saturated rings. The number of carbonyl (C=O) groups excluding carboxylic acids is 1. The van der Waals surface area contributed by atoms with Gasteiger partial charge in [0.2, 0.25) is 0 Å². The molecule has 0 spiro atoms. The number of nitrogens with zero attached hydrogens (tertiary/aromatic N) is 1. The predicted octanol–water partition coefficient (Wildman–Crippen LogP) is 3.66. The highest BCUT2D eigenvalue weighted by atomic mass is 32.1. The van der Waals surface area contributed by atoms with Crippen molar-refractivity contribution in [3.63, 3.8) is 0 Å². The molecular formula is C16H25NO3S. The van der Waals surface area contributed by atoms with Crippen LogP contribution in [0.4, 0.5) is 0 Å². The van der Waals surface area contributed by atoms with Crippen molar-refractivity contribution in [1.29, 1.82) is 0 Å². The lowest BCUT2D eigenvalue weighted by Crippen LogP contribution is -2.36. The van der Waals surface area contributed by atoms with E-state index in [1.165, 1.54) is 11.3 Å². The molecule has 0 N–H and O–H groups in total. The molecule has 1 saturated heterocycles. The van der Waals surface area contributed by atoms with Crippen molar-refractivity contribution in [2.24, 2.45) is 0 Å². The van der Waals surface area contributed by atoms with E-state index >= 15 is 0 Å². The van der Waals surface area contributed by atoms with E-state index in [1.54, 1.807) is 0 Å². The summed E-state index contributed by atoms with van der Waals surface area (Å²) in [6, 6.07) is 0. The van der Waals surface area contributed by atoms with Crippen molar-refractivity contribution in [3.8, 4) is 0 Å². The molecule has 0 amide bonds. The number of rotatable bonds is 3. The van der Waals surface area contributed by atoms with Gasteiger partial charge in [-0.3, -0.25) is 4.79 Å². The summed E-state index contributed by atoms with van der Waals surface area (Å²) >= 11 is 1.54. The molecule has 118 valence electrons. The Bertz CT molecular complexity index is 496. The van der Waals surface area contributed by atoms with Crippen LogP contribution in [0.25, 0.3) is 0 Å². The smallest absolute Gasteiger partial charge is 0.318 e. The molecule has 5 heteroatoms. The highest BCUT2D eigenvalue weighted by molar-refractivity contribution is 7.10. The second-order valence-corrected chi connectivity index (χ2v) is 7.98. The van der Waals surface area contributed by atoms with Gasteiger partial charge in [0, 0.05) is 17.9 Å². The molecule has 4 nitrogen and oxygen atoms in total. The molecule has 0 aliphatic carbocycles. The Labute approximate surface area is 130 Å². The maximum absolute atomic E-state index is 12.4. The zero-order valence-corrected chi connectivity index (χ0v) is 14.4. The Balaban J connectivity index is 2.13. The molecule has 2 rings (SSSR count). The minimum atomic E-state index is -0.717. The Morgan fingerprint density at radius 1 is 1.38 bits per heavy atom. The lowest BCUT2D eigenvalue weighted by Gasteiger charge is -2.27. The van der Waals surface area contributed by atoms with Crippen LogP contribution in [-0.2, 0) is 19.7 Å². The molecule has 1 aliphatic heterocycles. The highest BCUT2D eigenvalue weighted by Crippen LogP contribution is 2.33. The molecule has 1 atom stereocenters. The van der Waals surface area contributed by atoms with Crippen LogP contribution in [-0.4, -0.2) is 29.8 Å². The fourth-order valence-corrected chi connectivity index (χ4v) is 3.24. The summed E-state index contributed by atoms with van der Waals surface area (Å²) in [4.78, 5) is 17.1. The summed E-state index contributed by atoms with van der Waals surface area (Å²) in [7, 11) is 0. The summed E-state index contributed by atoms with van der Waals surface area (Å²) < 4.78 is 11.0. The van der Waals surface area contributed by atoms with Crippen molar-refractivity contribution in [2.75, 3.05) is 13.2 Å². The van der Waals surface area contributed by atoms with Crippen LogP contribution in [0.15, 0.2) is 5.38 Å². The minimum absolute atomic E-state index is 0.226. The molecular weight excluding hydrogens is 286 g/mol. The first kappa shape index (κ1) is 16.4. The second kappa shape index (κ2) is 6.05. The van der Waals surface area contributed by atoms with Crippen LogP contribution in [0, 0.1) is 0 Å². The summed E-state index contributed by atoms with van der Waals surface area (Å²) in [5, 5.41) is 2.87. The van der Waals surface area contributed by atoms with Crippen LogP contribution in [0.1, 0.15) is 64.1 Å². The molecule has 1 aromatic heterocycles. The monoisotopic (exact) mass is 311 g/mol. The first-order chi connectivity index (χ1) is 9.70. The number of esters is 1. The predicted molar refractivity (Wildman–Crippen MR) is 83.8 cm³/mol. The van der Waals surface area contributed by atoms with Crippen LogP contribution in [0.2, 0.25) is 0 Å². The Kier molecular flexibility index (Phi) is 4.73. The molecule has 0 aromatic carbocycles. The first-order valence-electron chi connectivity index (χ1n) is 7.47. The maximum Gasteiger partial charge on any atom is 0.318 e. The number of ether oxygens (including phenoxy) is 2. The normalized spacial score (nSPS) is 20.3. The van der Waals surface area contributed by atoms with Gasteiger partial charge in [-0.1, -0.05) is 0 Å². The quantitative estimate of drug-likeness (QED) is 0.799. The number of aromatic nitrogens is 1. The van der Waals surface area contributed by atoms with E-state index in [-0.39, 0.29) is 5.97 Å². The van der Waals surface area contributed by atoms with Crippen LogP contribution in [0.3, 0.4) is 0 Å². The van der Waals surface area contributed by atoms with Crippen molar-refractivity contribution in [1.82, 2.24) is 4.98 Å². The summed E-state index contributed by atoms with van der Waals surface area (Å²) in [5.74, 6) is 0.133. The van der Waals surface area contributed by atoms with E-state index in [9.17, 15) is 4.79 Å². The van der Waals surface area contributed by atoms with Gasteiger partial charge in [0.25, 0.3) is 0 Å². The van der Waals surface area contributed by atoms with Crippen molar-refractivity contribution in [3.05, 3.63) is 16.1 Å². The van der Waals surface area contributed by atoms with Crippen LogP contribution < -0.4 is 0 Å². The first-order valence-corrected chi connectivity index (χ1v) is 8.35. The topological polar surface area (TPSA) is 48.4 Å². The van der Waals surface area contributed by atoms with Crippen molar-refractivity contribution >= 4 is 17.3 Å². The van der Waals surface area contributed by atoms with Crippen LogP contribution >= 0.6 is 11.3 Å². The fraction of sp³-hybridized carbons (Fsp3) is 0.750. The van der Waals surface area contributed by atoms with E-state index in [0.717, 1.165) is 36.8 Å². The zero-order valence-electron chi connectivity index (χ0n) is 13.6. The lowest BCUT2D eigenvalue weighted by molar-refractivity contribution is -0.160. The number of hydrogen-bond acceptors (Lipinski definition) is 5. The number of thiazole rings is 1. The Morgan fingerprint density at radius 3 is 2.67 bits per heavy atom. The molecule has 0 radical (unpaired) electrons. The number of hydrogen-bond donors (Lipinski definition) is 0. The largest absolute Gasteiger partial charge is 0.459 e. The molecule has 21 heavy (non-hydrogen) atoms. The van der Waals surface area contributed by atoms with Gasteiger partial charge in [-0.25, -0.2) is 4.98 Å². The molecule has 1 aliphatic rings. The second-order valence-electron chi connectivity index (χ2n) is 7.12. The lowest BCUT2D eigenvalue weighted by atomic mass is 9.94. The van der Waals surface area contributed by atoms with Gasteiger partial charge in [0.15, 0.2) is 0 Å². The van der Waals surface area contributed by atoms with Crippen molar-refractivity contribution in [2.45, 2.75) is 64.4 Å². The van der Waals surface area contributed by atoms with Gasteiger partial charge >= 0.3 is 5.97 Å². The van der Waals surface area contributed by atoms with E-state index < -0.39 is 11.0 Å². The van der Waals surface area contributed by atoms with Gasteiger partial charge < -0.3 is 9.47 Å². The fourth-order valence-electron chi connectivity index (χ4n) is 2.23. The SMILES string of the molecule is CC(C)(C)OC(=O)C(C)(C)c1nc([C@H]2CCCOC2)cs1. The van der Waals surface area contributed by atoms with Gasteiger partial charge in [-0.2, -0.15) is 0 Å². The number of carbonyl (C=O) groups is 1. The molecule has 0 unspecified atom stereocenters. The van der Waals surface area contributed by atoms with E-state index in [2.05, 4.69) is 5.38 Å². The summed E-state index contributed by atoms with van der Waals surface area (Å²) in [6.07, 6.45) is 2.18. The van der Waals surface area contributed by atoms with Gasteiger partial charge in [0.1, 0.15) is 16.0 Å². The van der Waals surface area contributed by atoms with E-state index in [0.29, 0.717) is 5.92 Å². The third-order valence-corrected chi connectivity index (χ3v) is 4.73. The van der Waals surface area contributed by atoms with Crippen LogP contribution in [0.5, 0.6) is 0 Å². The van der Waals surface area contributed by atoms with Gasteiger partial charge in [0.05, 0.1) is 12.3 Å². The minimum Gasteiger partial charge on any atom is -0.459 e. The Hall–Kier alpha value is -0.940. The van der Waals surface area contributed by atoms with E-state index in [1.807, 2.05) is 34.6 Å². The average molecular weight is 311 g/mol.